The Kier molecular flexibility index (Phi) is 3.28. The van der Waals surface area contributed by atoms with Crippen LogP contribution in [0.3, 0.4) is 0 Å². The summed E-state index contributed by atoms with van der Waals surface area (Å²) in [4.78, 5) is 22.2. The van der Waals surface area contributed by atoms with Gasteiger partial charge in [0.25, 0.3) is 0 Å². The van der Waals surface area contributed by atoms with Gasteiger partial charge in [0.05, 0.1) is 24.6 Å². The minimum absolute atomic E-state index is 0.0580. The van der Waals surface area contributed by atoms with Crippen LogP contribution in [-0.2, 0) is 4.74 Å². The Morgan fingerprint density at radius 2 is 2.11 bits per heavy atom. The summed E-state index contributed by atoms with van der Waals surface area (Å²) in [5.41, 5.74) is 1.55. The maximum absolute atomic E-state index is 11.3. The van der Waals surface area contributed by atoms with Crippen molar-refractivity contribution in [2.75, 3.05) is 7.11 Å². The highest BCUT2D eigenvalue weighted by Crippen LogP contribution is 2.15. The zero-order valence-electron chi connectivity index (χ0n) is 10.3. The van der Waals surface area contributed by atoms with Crippen molar-refractivity contribution in [1.82, 2.24) is 15.0 Å². The van der Waals surface area contributed by atoms with E-state index in [0.29, 0.717) is 5.69 Å². The molecule has 2 aromatic rings. The molecule has 0 aliphatic heterocycles. The third kappa shape index (κ3) is 2.44. The molecule has 0 aliphatic carbocycles. The van der Waals surface area contributed by atoms with Gasteiger partial charge in [-0.15, -0.1) is 5.10 Å². The summed E-state index contributed by atoms with van der Waals surface area (Å²) in [6, 6.07) is 4.63. The van der Waals surface area contributed by atoms with Crippen molar-refractivity contribution in [3.63, 3.8) is 0 Å². The Hall–Kier alpha value is -2.70. The molecule has 0 radical (unpaired) electrons. The molecule has 1 N–H and O–H groups in total. The molecule has 1 heterocycles. The summed E-state index contributed by atoms with van der Waals surface area (Å²) in [6.07, 6.45) is 1.39. The zero-order valence-corrected chi connectivity index (χ0v) is 10.3. The number of carbonyl (C=O) groups is 2. The van der Waals surface area contributed by atoms with Crippen LogP contribution >= 0.6 is 0 Å². The molecule has 0 atom stereocenters. The molecular weight excluding hydrogens is 250 g/mol. The van der Waals surface area contributed by atoms with Crippen LogP contribution in [0.2, 0.25) is 0 Å². The number of nitrogens with zero attached hydrogens (tertiary/aromatic N) is 3. The van der Waals surface area contributed by atoms with E-state index in [-0.39, 0.29) is 11.3 Å². The number of methoxy groups -OCH3 is 1. The predicted octanol–water partition coefficient (Wildman–Crippen LogP) is 1.06. The van der Waals surface area contributed by atoms with Crippen molar-refractivity contribution in [2.45, 2.75) is 6.92 Å². The average molecular weight is 261 g/mol. The second kappa shape index (κ2) is 4.89. The number of aromatic nitrogens is 3. The molecule has 98 valence electrons. The molecule has 0 saturated heterocycles. The van der Waals surface area contributed by atoms with E-state index in [1.807, 2.05) is 0 Å². The number of hydrogen-bond donors (Lipinski definition) is 1. The second-order valence-electron chi connectivity index (χ2n) is 3.85. The van der Waals surface area contributed by atoms with Crippen molar-refractivity contribution in [2.24, 2.45) is 0 Å². The molecule has 0 unspecified atom stereocenters. The highest BCUT2D eigenvalue weighted by molar-refractivity contribution is 5.88. The van der Waals surface area contributed by atoms with Crippen LogP contribution in [0, 0.1) is 6.92 Å². The van der Waals surface area contributed by atoms with Gasteiger partial charge < -0.3 is 9.84 Å². The molecule has 7 heteroatoms. The number of benzene rings is 1. The monoisotopic (exact) mass is 261 g/mol. The summed E-state index contributed by atoms with van der Waals surface area (Å²) in [5, 5.41) is 16.4. The number of ether oxygens (including phenoxy) is 1. The molecule has 19 heavy (non-hydrogen) atoms. The minimum Gasteiger partial charge on any atom is -0.478 e. The van der Waals surface area contributed by atoms with Crippen LogP contribution in [0.5, 0.6) is 0 Å². The van der Waals surface area contributed by atoms with Crippen LogP contribution in [0.4, 0.5) is 0 Å². The summed E-state index contributed by atoms with van der Waals surface area (Å²) in [5.74, 6) is -1.63. The molecule has 0 fully saturated rings. The third-order valence-corrected chi connectivity index (χ3v) is 2.59. The Bertz CT molecular complexity index is 648. The molecular formula is C12H11N3O4. The van der Waals surface area contributed by atoms with E-state index >= 15 is 0 Å². The molecule has 0 spiro atoms. The molecule has 7 nitrogen and oxygen atoms in total. The van der Waals surface area contributed by atoms with Gasteiger partial charge in [-0.25, -0.2) is 14.3 Å². The van der Waals surface area contributed by atoms with Gasteiger partial charge in [-0.05, 0) is 24.6 Å². The fourth-order valence-corrected chi connectivity index (χ4v) is 1.57. The van der Waals surface area contributed by atoms with E-state index in [2.05, 4.69) is 15.0 Å². The van der Waals surface area contributed by atoms with E-state index in [9.17, 15) is 9.59 Å². The fraction of sp³-hybridized carbons (Fsp3) is 0.167. The standard InChI is InChI=1S/C12H11N3O4/c1-7-3-4-8(11(16)17)5-10(7)15-6-9(13-14-15)12(18)19-2/h3-6H,1-2H3,(H,16,17). The first-order valence-electron chi connectivity index (χ1n) is 5.38. The number of esters is 1. The summed E-state index contributed by atoms with van der Waals surface area (Å²) >= 11 is 0. The van der Waals surface area contributed by atoms with Crippen LogP contribution < -0.4 is 0 Å². The first-order valence-corrected chi connectivity index (χ1v) is 5.38. The molecule has 0 aliphatic rings. The van der Waals surface area contributed by atoms with Crippen molar-refractivity contribution in [1.29, 1.82) is 0 Å². The first kappa shape index (κ1) is 12.7. The lowest BCUT2D eigenvalue weighted by molar-refractivity contribution is 0.0593. The Labute approximate surface area is 108 Å². The quantitative estimate of drug-likeness (QED) is 0.830. The fourth-order valence-electron chi connectivity index (χ4n) is 1.57. The van der Waals surface area contributed by atoms with Crippen molar-refractivity contribution in [3.05, 3.63) is 41.2 Å². The number of carboxylic acid groups (broad SMARTS) is 1. The molecule has 0 amide bonds. The van der Waals surface area contributed by atoms with Crippen LogP contribution in [0.25, 0.3) is 5.69 Å². The van der Waals surface area contributed by atoms with Gasteiger partial charge in [0.15, 0.2) is 5.69 Å². The van der Waals surface area contributed by atoms with Gasteiger partial charge in [0.1, 0.15) is 0 Å². The lowest BCUT2D eigenvalue weighted by atomic mass is 10.1. The highest BCUT2D eigenvalue weighted by Gasteiger charge is 2.13. The SMILES string of the molecule is COC(=O)c1cn(-c2cc(C(=O)O)ccc2C)nn1. The van der Waals surface area contributed by atoms with E-state index in [1.54, 1.807) is 13.0 Å². The number of carboxylic acids is 1. The normalized spacial score (nSPS) is 10.2. The van der Waals surface area contributed by atoms with Gasteiger partial charge in [0, 0.05) is 0 Å². The van der Waals surface area contributed by atoms with E-state index in [0.717, 1.165) is 5.56 Å². The van der Waals surface area contributed by atoms with Crippen LogP contribution in [0.1, 0.15) is 26.4 Å². The zero-order chi connectivity index (χ0) is 14.0. The van der Waals surface area contributed by atoms with Gasteiger partial charge >= 0.3 is 11.9 Å². The number of hydrogen-bond acceptors (Lipinski definition) is 5. The lowest BCUT2D eigenvalue weighted by Gasteiger charge is -2.05. The van der Waals surface area contributed by atoms with Gasteiger partial charge in [0.2, 0.25) is 0 Å². The molecule has 0 bridgehead atoms. The van der Waals surface area contributed by atoms with E-state index in [4.69, 9.17) is 5.11 Å². The van der Waals surface area contributed by atoms with Crippen LogP contribution in [0.15, 0.2) is 24.4 Å². The number of rotatable bonds is 3. The summed E-state index contributed by atoms with van der Waals surface area (Å²) in [7, 11) is 1.25. The lowest BCUT2D eigenvalue weighted by Crippen LogP contribution is -2.03. The maximum Gasteiger partial charge on any atom is 0.360 e. The van der Waals surface area contributed by atoms with E-state index < -0.39 is 11.9 Å². The minimum atomic E-state index is -1.03. The highest BCUT2D eigenvalue weighted by atomic mass is 16.5. The third-order valence-electron chi connectivity index (χ3n) is 2.59. The largest absolute Gasteiger partial charge is 0.478 e. The number of carbonyl (C=O) groups excluding carboxylic acids is 1. The Balaban J connectivity index is 2.46. The van der Waals surface area contributed by atoms with Gasteiger partial charge in [-0.1, -0.05) is 11.3 Å². The molecule has 1 aromatic heterocycles. The topological polar surface area (TPSA) is 94.3 Å². The summed E-state index contributed by atoms with van der Waals surface area (Å²) in [6.45, 7) is 1.81. The molecule has 0 saturated carbocycles. The summed E-state index contributed by atoms with van der Waals surface area (Å²) < 4.78 is 5.87. The second-order valence-corrected chi connectivity index (χ2v) is 3.85. The molecule has 2 rings (SSSR count). The Morgan fingerprint density at radius 3 is 2.74 bits per heavy atom. The predicted molar refractivity (Wildman–Crippen MR) is 64.4 cm³/mol. The van der Waals surface area contributed by atoms with Crippen molar-refractivity contribution >= 4 is 11.9 Å². The van der Waals surface area contributed by atoms with Crippen LogP contribution in [-0.4, -0.2) is 39.1 Å². The molecule has 1 aromatic carbocycles. The Morgan fingerprint density at radius 1 is 1.37 bits per heavy atom. The average Bonchev–Trinajstić information content (AvgIpc) is 2.87. The van der Waals surface area contributed by atoms with Gasteiger partial charge in [-0.2, -0.15) is 0 Å². The number of aromatic carboxylic acids is 1. The van der Waals surface area contributed by atoms with Gasteiger partial charge in [-0.3, -0.25) is 0 Å². The van der Waals surface area contributed by atoms with Crippen molar-refractivity contribution < 1.29 is 19.4 Å². The van der Waals surface area contributed by atoms with E-state index in [1.165, 1.54) is 30.1 Å². The van der Waals surface area contributed by atoms with Crippen molar-refractivity contribution in [3.8, 4) is 5.69 Å². The smallest absolute Gasteiger partial charge is 0.360 e. The first-order chi connectivity index (χ1) is 9.02. The number of aryl methyl sites for hydroxylation is 1. The maximum atomic E-state index is 11.3.